The van der Waals surface area contributed by atoms with E-state index in [0.717, 1.165) is 31.2 Å². The average Bonchev–Trinajstić information content (AvgIpc) is 2.38. The Morgan fingerprint density at radius 2 is 2.28 bits per heavy atom. The van der Waals surface area contributed by atoms with E-state index < -0.39 is 5.82 Å². The van der Waals surface area contributed by atoms with Gasteiger partial charge in [-0.05, 0) is 43.4 Å². The van der Waals surface area contributed by atoms with Crippen LogP contribution in [-0.2, 0) is 11.3 Å². The van der Waals surface area contributed by atoms with Crippen molar-refractivity contribution in [1.82, 2.24) is 0 Å². The third-order valence-corrected chi connectivity index (χ3v) is 3.30. The molecule has 2 unspecified atom stereocenters. The average molecular weight is 248 g/mol. The van der Waals surface area contributed by atoms with Crippen LogP contribution in [0.5, 0.6) is 0 Å². The summed E-state index contributed by atoms with van der Waals surface area (Å²) in [4.78, 5) is 0. The van der Waals surface area contributed by atoms with Crippen LogP contribution >= 0.6 is 0 Å². The van der Waals surface area contributed by atoms with Crippen molar-refractivity contribution in [3.63, 3.8) is 0 Å². The van der Waals surface area contributed by atoms with Crippen LogP contribution in [0.1, 0.15) is 36.8 Å². The van der Waals surface area contributed by atoms with Gasteiger partial charge in [0, 0.05) is 6.04 Å². The highest BCUT2D eigenvalue weighted by Crippen LogP contribution is 2.21. The van der Waals surface area contributed by atoms with E-state index in [-0.39, 0.29) is 17.7 Å². The molecule has 0 saturated heterocycles. The second-order valence-electron chi connectivity index (χ2n) is 4.79. The van der Waals surface area contributed by atoms with Crippen molar-refractivity contribution in [3.8, 4) is 6.07 Å². The Kier molecular flexibility index (Phi) is 4.29. The molecule has 0 aliphatic heterocycles. The monoisotopic (exact) mass is 248 g/mol. The summed E-state index contributed by atoms with van der Waals surface area (Å²) in [5, 5.41) is 8.75. The van der Waals surface area contributed by atoms with Crippen molar-refractivity contribution in [2.75, 3.05) is 0 Å². The summed E-state index contributed by atoms with van der Waals surface area (Å²) in [5.74, 6) is -0.485. The van der Waals surface area contributed by atoms with E-state index in [0.29, 0.717) is 6.61 Å². The molecule has 3 nitrogen and oxygen atoms in total. The lowest BCUT2D eigenvalue weighted by Crippen LogP contribution is -2.32. The fraction of sp³-hybridized carbons (Fsp3) is 0.500. The van der Waals surface area contributed by atoms with Gasteiger partial charge < -0.3 is 10.5 Å². The van der Waals surface area contributed by atoms with Crippen molar-refractivity contribution in [1.29, 1.82) is 5.26 Å². The zero-order valence-corrected chi connectivity index (χ0v) is 10.2. The molecule has 1 aromatic rings. The van der Waals surface area contributed by atoms with E-state index in [1.807, 2.05) is 6.07 Å². The minimum atomic E-state index is -0.485. The number of ether oxygens (including phenoxy) is 1. The Labute approximate surface area is 106 Å². The minimum absolute atomic E-state index is 0.0662. The summed E-state index contributed by atoms with van der Waals surface area (Å²) in [5.41, 5.74) is 6.78. The standard InChI is InChI=1S/C14H17FN2O/c15-14-5-4-10(6-11(14)8-16)9-18-13-3-1-2-12(17)7-13/h4-6,12-13H,1-3,7,9,17H2. The van der Waals surface area contributed by atoms with E-state index in [1.165, 1.54) is 12.1 Å². The molecule has 4 heteroatoms. The van der Waals surface area contributed by atoms with Gasteiger partial charge in [-0.25, -0.2) is 4.39 Å². The Morgan fingerprint density at radius 1 is 1.44 bits per heavy atom. The number of hydrogen-bond donors (Lipinski definition) is 1. The minimum Gasteiger partial charge on any atom is -0.373 e. The second-order valence-corrected chi connectivity index (χ2v) is 4.79. The van der Waals surface area contributed by atoms with Gasteiger partial charge in [-0.1, -0.05) is 6.07 Å². The van der Waals surface area contributed by atoms with Crippen LogP contribution in [0, 0.1) is 17.1 Å². The fourth-order valence-electron chi connectivity index (χ4n) is 2.29. The van der Waals surface area contributed by atoms with E-state index in [2.05, 4.69) is 0 Å². The van der Waals surface area contributed by atoms with Gasteiger partial charge in [0.05, 0.1) is 18.3 Å². The lowest BCUT2D eigenvalue weighted by atomic mass is 9.93. The largest absolute Gasteiger partial charge is 0.373 e. The van der Waals surface area contributed by atoms with Crippen LogP contribution in [0.25, 0.3) is 0 Å². The van der Waals surface area contributed by atoms with Crippen molar-refractivity contribution in [3.05, 3.63) is 35.1 Å². The first-order valence-corrected chi connectivity index (χ1v) is 6.24. The molecule has 1 saturated carbocycles. The molecule has 0 amide bonds. The van der Waals surface area contributed by atoms with Gasteiger partial charge in [0.1, 0.15) is 11.9 Å². The summed E-state index contributed by atoms with van der Waals surface area (Å²) >= 11 is 0. The van der Waals surface area contributed by atoms with Crippen LogP contribution < -0.4 is 5.73 Å². The molecule has 1 fully saturated rings. The number of hydrogen-bond acceptors (Lipinski definition) is 3. The molecular formula is C14H17FN2O. The lowest BCUT2D eigenvalue weighted by Gasteiger charge is -2.26. The maximum Gasteiger partial charge on any atom is 0.140 e. The predicted octanol–water partition coefficient (Wildman–Crippen LogP) is 2.48. The number of rotatable bonds is 3. The lowest BCUT2D eigenvalue weighted by molar-refractivity contribution is 0.0122. The summed E-state index contributed by atoms with van der Waals surface area (Å²) in [6.45, 7) is 0.409. The van der Waals surface area contributed by atoms with E-state index in [9.17, 15) is 4.39 Å². The van der Waals surface area contributed by atoms with Crippen molar-refractivity contribution in [2.24, 2.45) is 5.73 Å². The molecule has 2 atom stereocenters. The maximum absolute atomic E-state index is 13.1. The highest BCUT2D eigenvalue weighted by atomic mass is 19.1. The maximum atomic E-state index is 13.1. The van der Waals surface area contributed by atoms with Gasteiger partial charge in [-0.2, -0.15) is 5.26 Å². The first-order valence-electron chi connectivity index (χ1n) is 6.24. The summed E-state index contributed by atoms with van der Waals surface area (Å²) < 4.78 is 18.9. The van der Waals surface area contributed by atoms with Crippen LogP contribution in [-0.4, -0.2) is 12.1 Å². The van der Waals surface area contributed by atoms with Crippen LogP contribution in [0.15, 0.2) is 18.2 Å². The third kappa shape index (κ3) is 3.28. The van der Waals surface area contributed by atoms with Crippen LogP contribution in [0.3, 0.4) is 0 Å². The molecule has 1 aliphatic carbocycles. The highest BCUT2D eigenvalue weighted by Gasteiger charge is 2.19. The van der Waals surface area contributed by atoms with Crippen molar-refractivity contribution < 1.29 is 9.13 Å². The molecule has 18 heavy (non-hydrogen) atoms. The quantitative estimate of drug-likeness (QED) is 0.894. The van der Waals surface area contributed by atoms with Crippen LogP contribution in [0.4, 0.5) is 4.39 Å². The molecule has 2 rings (SSSR count). The van der Waals surface area contributed by atoms with Crippen LogP contribution in [0.2, 0.25) is 0 Å². The SMILES string of the molecule is N#Cc1cc(COC2CCCC(N)C2)ccc1F. The Hall–Kier alpha value is -1.44. The number of nitriles is 1. The fourth-order valence-corrected chi connectivity index (χ4v) is 2.29. The first-order chi connectivity index (χ1) is 8.69. The highest BCUT2D eigenvalue weighted by molar-refractivity contribution is 5.34. The van der Waals surface area contributed by atoms with Gasteiger partial charge in [-0.15, -0.1) is 0 Å². The zero-order valence-electron chi connectivity index (χ0n) is 10.2. The van der Waals surface area contributed by atoms with E-state index in [1.54, 1.807) is 6.07 Å². The Bertz CT molecular complexity index is 456. The van der Waals surface area contributed by atoms with Crippen molar-refractivity contribution in [2.45, 2.75) is 44.4 Å². The number of nitrogens with two attached hydrogens (primary N) is 1. The number of halogens is 1. The van der Waals surface area contributed by atoms with Gasteiger partial charge in [0.25, 0.3) is 0 Å². The molecule has 0 radical (unpaired) electrons. The number of nitrogens with zero attached hydrogens (tertiary/aromatic N) is 1. The first kappa shape index (κ1) is 13.0. The van der Waals surface area contributed by atoms with E-state index in [4.69, 9.17) is 15.7 Å². The Morgan fingerprint density at radius 3 is 3.00 bits per heavy atom. The normalized spacial score (nSPS) is 23.6. The molecule has 0 spiro atoms. The van der Waals surface area contributed by atoms with Gasteiger partial charge in [-0.3, -0.25) is 0 Å². The van der Waals surface area contributed by atoms with Gasteiger partial charge in [0.15, 0.2) is 0 Å². The molecular weight excluding hydrogens is 231 g/mol. The van der Waals surface area contributed by atoms with Crippen molar-refractivity contribution >= 4 is 0 Å². The van der Waals surface area contributed by atoms with Gasteiger partial charge >= 0.3 is 0 Å². The molecule has 0 aromatic heterocycles. The molecule has 1 aliphatic rings. The molecule has 2 N–H and O–H groups in total. The smallest absolute Gasteiger partial charge is 0.140 e. The van der Waals surface area contributed by atoms with Gasteiger partial charge in [0.2, 0.25) is 0 Å². The molecule has 1 aromatic carbocycles. The summed E-state index contributed by atoms with van der Waals surface area (Å²) in [6.07, 6.45) is 4.25. The Balaban J connectivity index is 1.92. The molecule has 96 valence electrons. The molecule has 0 heterocycles. The summed E-state index contributed by atoms with van der Waals surface area (Å²) in [7, 11) is 0. The molecule has 0 bridgehead atoms. The second kappa shape index (κ2) is 5.94. The van der Waals surface area contributed by atoms with E-state index >= 15 is 0 Å². The zero-order chi connectivity index (χ0) is 13.0. The third-order valence-electron chi connectivity index (χ3n) is 3.30. The number of benzene rings is 1. The predicted molar refractivity (Wildman–Crippen MR) is 66.1 cm³/mol. The topological polar surface area (TPSA) is 59.0 Å². The summed E-state index contributed by atoms with van der Waals surface area (Å²) in [6, 6.07) is 6.56.